The molecule has 148 valence electrons. The first-order chi connectivity index (χ1) is 13.4. The number of aromatic amines is 1. The van der Waals surface area contributed by atoms with Crippen LogP contribution in [0, 0.1) is 0 Å². The molecule has 1 saturated carbocycles. The summed E-state index contributed by atoms with van der Waals surface area (Å²) in [5, 5.41) is 12.9. The van der Waals surface area contributed by atoms with Gasteiger partial charge in [-0.05, 0) is 45.5 Å². The van der Waals surface area contributed by atoms with E-state index in [4.69, 9.17) is 0 Å². The lowest BCUT2D eigenvalue weighted by atomic mass is 9.98. The molecule has 0 spiro atoms. The van der Waals surface area contributed by atoms with Gasteiger partial charge in [-0.2, -0.15) is 5.10 Å². The zero-order chi connectivity index (χ0) is 20.1. The molecule has 3 rings (SSSR count). The van der Waals surface area contributed by atoms with Crippen LogP contribution in [0.4, 0.5) is 11.5 Å². The Kier molecular flexibility index (Phi) is 6.26. The van der Waals surface area contributed by atoms with E-state index in [9.17, 15) is 9.59 Å². The van der Waals surface area contributed by atoms with Crippen LogP contribution in [-0.2, 0) is 9.59 Å². The second-order valence-corrected chi connectivity index (χ2v) is 7.43. The second kappa shape index (κ2) is 8.84. The van der Waals surface area contributed by atoms with Crippen LogP contribution in [0.2, 0.25) is 0 Å². The van der Waals surface area contributed by atoms with Crippen molar-refractivity contribution in [2.24, 2.45) is 0 Å². The smallest absolute Gasteiger partial charge is 0.248 e. The molecule has 0 saturated heterocycles. The van der Waals surface area contributed by atoms with Gasteiger partial charge in [-0.1, -0.05) is 24.3 Å². The molecular formula is C21H27N5O2. The van der Waals surface area contributed by atoms with Gasteiger partial charge < -0.3 is 15.5 Å². The highest BCUT2D eigenvalue weighted by Crippen LogP contribution is 2.39. The number of H-pyrrole nitrogens is 1. The number of hydrogen-bond acceptors (Lipinski definition) is 4. The largest absolute Gasteiger partial charge is 0.322 e. The van der Waals surface area contributed by atoms with Crippen LogP contribution < -0.4 is 10.6 Å². The molecule has 0 radical (unpaired) electrons. The number of nitrogens with zero attached hydrogens (tertiary/aromatic N) is 2. The van der Waals surface area contributed by atoms with Crippen LogP contribution in [-0.4, -0.2) is 47.6 Å². The third-order valence-electron chi connectivity index (χ3n) is 4.68. The molecule has 1 fully saturated rings. The van der Waals surface area contributed by atoms with E-state index in [1.807, 2.05) is 50.2 Å². The first-order valence-corrected chi connectivity index (χ1v) is 9.51. The number of rotatable bonds is 8. The molecule has 1 unspecified atom stereocenters. The maximum atomic E-state index is 12.7. The molecule has 1 aromatic heterocycles. The molecule has 0 aliphatic heterocycles. The summed E-state index contributed by atoms with van der Waals surface area (Å²) in [7, 11) is 3.87. The van der Waals surface area contributed by atoms with Crippen molar-refractivity contribution in [3.63, 3.8) is 0 Å². The Hall–Kier alpha value is -2.93. The molecule has 1 aliphatic rings. The summed E-state index contributed by atoms with van der Waals surface area (Å²) in [5.74, 6) is 0.254. The Labute approximate surface area is 165 Å². The third kappa shape index (κ3) is 5.29. The van der Waals surface area contributed by atoms with E-state index in [0.717, 1.165) is 11.3 Å². The highest BCUT2D eigenvalue weighted by Gasteiger charge is 2.26. The zero-order valence-corrected chi connectivity index (χ0v) is 16.5. The van der Waals surface area contributed by atoms with Gasteiger partial charge in [0.05, 0.1) is 5.92 Å². The number of nitrogens with one attached hydrogen (secondary N) is 3. The van der Waals surface area contributed by atoms with Crippen LogP contribution in [0.5, 0.6) is 0 Å². The highest BCUT2D eigenvalue weighted by molar-refractivity contribution is 6.01. The standard InChI is InChI=1S/C21H27N5O2/c1-14(21(28)23-19-13-18(24-25-19)15-10-11-15)16-7-4-5-8-17(16)22-20(27)9-6-12-26(2)3/h4-9,13-15H,10-12H2,1-3H3,(H,22,27)(H2,23,24,25,28)/b9-6+. The van der Waals surface area contributed by atoms with E-state index in [0.29, 0.717) is 24.0 Å². The maximum Gasteiger partial charge on any atom is 0.248 e. The Morgan fingerprint density at radius 1 is 1.29 bits per heavy atom. The lowest BCUT2D eigenvalue weighted by molar-refractivity contribution is -0.117. The normalized spacial score (nSPS) is 15.0. The van der Waals surface area contributed by atoms with E-state index in [1.54, 1.807) is 12.1 Å². The molecule has 1 heterocycles. The minimum absolute atomic E-state index is 0.168. The Morgan fingerprint density at radius 3 is 2.75 bits per heavy atom. The van der Waals surface area contributed by atoms with E-state index in [2.05, 4.69) is 20.8 Å². The van der Waals surface area contributed by atoms with Gasteiger partial charge in [0.15, 0.2) is 5.82 Å². The predicted octanol–water partition coefficient (Wildman–Crippen LogP) is 3.09. The van der Waals surface area contributed by atoms with Crippen LogP contribution in [0.25, 0.3) is 0 Å². The lowest BCUT2D eigenvalue weighted by Gasteiger charge is -2.16. The van der Waals surface area contributed by atoms with Crippen molar-refractivity contribution >= 4 is 23.3 Å². The SMILES string of the molecule is CC(C(=O)Nc1cc(C2CC2)[nH]n1)c1ccccc1NC(=O)/C=C/CN(C)C. The maximum absolute atomic E-state index is 12.7. The van der Waals surface area contributed by atoms with Crippen LogP contribution in [0.3, 0.4) is 0 Å². The Balaban J connectivity index is 1.65. The van der Waals surface area contributed by atoms with E-state index < -0.39 is 5.92 Å². The Morgan fingerprint density at radius 2 is 2.04 bits per heavy atom. The average molecular weight is 381 g/mol. The summed E-state index contributed by atoms with van der Waals surface area (Å²) in [6, 6.07) is 9.24. The molecule has 1 aromatic carbocycles. The number of carbonyl (C=O) groups is 2. The molecular weight excluding hydrogens is 354 g/mol. The summed E-state index contributed by atoms with van der Waals surface area (Å²) in [6.07, 6.45) is 5.64. The summed E-state index contributed by atoms with van der Waals surface area (Å²) in [4.78, 5) is 26.8. The van der Waals surface area contributed by atoms with E-state index in [-0.39, 0.29) is 11.8 Å². The van der Waals surface area contributed by atoms with Gasteiger partial charge in [-0.3, -0.25) is 14.7 Å². The first kappa shape index (κ1) is 19.8. The topological polar surface area (TPSA) is 90.1 Å². The van der Waals surface area contributed by atoms with Crippen molar-refractivity contribution in [2.45, 2.75) is 31.6 Å². The molecule has 1 atom stereocenters. The van der Waals surface area contributed by atoms with Crippen molar-refractivity contribution in [3.05, 3.63) is 53.7 Å². The minimum Gasteiger partial charge on any atom is -0.322 e. The monoisotopic (exact) mass is 381 g/mol. The zero-order valence-electron chi connectivity index (χ0n) is 16.5. The molecule has 1 aliphatic carbocycles. The molecule has 7 nitrogen and oxygen atoms in total. The molecule has 7 heteroatoms. The summed E-state index contributed by atoms with van der Waals surface area (Å²) in [5.41, 5.74) is 2.46. The summed E-state index contributed by atoms with van der Waals surface area (Å²) >= 11 is 0. The van der Waals surface area contributed by atoms with Gasteiger partial charge in [0.1, 0.15) is 0 Å². The van der Waals surface area contributed by atoms with Crippen molar-refractivity contribution in [3.8, 4) is 0 Å². The van der Waals surface area contributed by atoms with Gasteiger partial charge in [-0.25, -0.2) is 0 Å². The number of hydrogen-bond donors (Lipinski definition) is 3. The number of likely N-dealkylation sites (N-methyl/N-ethyl adjacent to an activating group) is 1. The minimum atomic E-state index is -0.441. The van der Waals surface area contributed by atoms with Gasteiger partial charge in [-0.15, -0.1) is 0 Å². The van der Waals surface area contributed by atoms with E-state index in [1.165, 1.54) is 18.9 Å². The number of carbonyl (C=O) groups excluding carboxylic acids is 2. The molecule has 3 N–H and O–H groups in total. The Bertz CT molecular complexity index is 867. The van der Waals surface area contributed by atoms with Crippen LogP contribution >= 0.6 is 0 Å². The molecule has 2 aromatic rings. The number of para-hydroxylation sites is 1. The summed E-state index contributed by atoms with van der Waals surface area (Å²) < 4.78 is 0. The number of aromatic nitrogens is 2. The van der Waals surface area contributed by atoms with Gasteiger partial charge >= 0.3 is 0 Å². The van der Waals surface area contributed by atoms with E-state index >= 15 is 0 Å². The first-order valence-electron chi connectivity index (χ1n) is 9.51. The highest BCUT2D eigenvalue weighted by atomic mass is 16.2. The van der Waals surface area contributed by atoms with Gasteiger partial charge in [0, 0.05) is 36.0 Å². The number of amides is 2. The molecule has 2 amide bonds. The van der Waals surface area contributed by atoms with Crippen LogP contribution in [0.1, 0.15) is 42.9 Å². The second-order valence-electron chi connectivity index (χ2n) is 7.43. The van der Waals surface area contributed by atoms with Crippen molar-refractivity contribution in [2.75, 3.05) is 31.3 Å². The quantitative estimate of drug-likeness (QED) is 0.613. The fourth-order valence-corrected chi connectivity index (χ4v) is 2.91. The lowest BCUT2D eigenvalue weighted by Crippen LogP contribution is -2.21. The van der Waals surface area contributed by atoms with Crippen molar-refractivity contribution in [1.82, 2.24) is 15.1 Å². The number of benzene rings is 1. The third-order valence-corrected chi connectivity index (χ3v) is 4.68. The van der Waals surface area contributed by atoms with Crippen molar-refractivity contribution in [1.29, 1.82) is 0 Å². The van der Waals surface area contributed by atoms with Crippen LogP contribution in [0.15, 0.2) is 42.5 Å². The predicted molar refractivity (Wildman–Crippen MR) is 110 cm³/mol. The average Bonchev–Trinajstić information content (AvgIpc) is 3.41. The van der Waals surface area contributed by atoms with Gasteiger partial charge in [0.2, 0.25) is 11.8 Å². The molecule has 28 heavy (non-hydrogen) atoms. The van der Waals surface area contributed by atoms with Crippen molar-refractivity contribution < 1.29 is 9.59 Å². The number of anilines is 2. The summed E-state index contributed by atoms with van der Waals surface area (Å²) in [6.45, 7) is 2.50. The van der Waals surface area contributed by atoms with Gasteiger partial charge in [0.25, 0.3) is 0 Å². The molecule has 0 bridgehead atoms. The fraction of sp³-hybridized carbons (Fsp3) is 0.381. The fourth-order valence-electron chi connectivity index (χ4n) is 2.91.